The number of benzene rings is 1. The summed E-state index contributed by atoms with van der Waals surface area (Å²) in [4.78, 5) is 0. The van der Waals surface area contributed by atoms with Crippen LogP contribution in [0.4, 0.5) is 5.69 Å². The molecule has 1 atom stereocenters. The van der Waals surface area contributed by atoms with E-state index in [0.29, 0.717) is 30.4 Å². The standard InChI is InChI=1S/C15H26N2O3S/c1-4-13(3)12-17(5-2)21(18,19)11-10-20-15-9-7-6-8-14(15)16/h6-9,13H,4-5,10-12,16H2,1-3H3. The fraction of sp³-hybridized carbons (Fsp3) is 0.600. The van der Waals surface area contributed by atoms with Gasteiger partial charge in [-0.1, -0.05) is 39.3 Å². The molecule has 0 radical (unpaired) electrons. The van der Waals surface area contributed by atoms with Crippen molar-refractivity contribution in [2.45, 2.75) is 27.2 Å². The first-order chi connectivity index (χ1) is 9.90. The molecule has 0 saturated carbocycles. The van der Waals surface area contributed by atoms with Crippen molar-refractivity contribution in [3.63, 3.8) is 0 Å². The highest BCUT2D eigenvalue weighted by Crippen LogP contribution is 2.19. The lowest BCUT2D eigenvalue weighted by atomic mass is 10.1. The summed E-state index contributed by atoms with van der Waals surface area (Å²) >= 11 is 0. The minimum Gasteiger partial charge on any atom is -0.490 e. The van der Waals surface area contributed by atoms with E-state index in [1.807, 2.05) is 19.1 Å². The van der Waals surface area contributed by atoms with E-state index in [0.717, 1.165) is 6.42 Å². The van der Waals surface area contributed by atoms with Crippen LogP contribution in [0.15, 0.2) is 24.3 Å². The minimum absolute atomic E-state index is 0.0361. The highest BCUT2D eigenvalue weighted by molar-refractivity contribution is 7.89. The maximum Gasteiger partial charge on any atom is 0.217 e. The van der Waals surface area contributed by atoms with E-state index in [2.05, 4.69) is 13.8 Å². The fourth-order valence-corrected chi connectivity index (χ4v) is 3.34. The van der Waals surface area contributed by atoms with Gasteiger partial charge in [-0.2, -0.15) is 0 Å². The number of sulfonamides is 1. The van der Waals surface area contributed by atoms with Crippen LogP contribution in [-0.4, -0.2) is 38.2 Å². The molecule has 0 aliphatic heterocycles. The molecular formula is C15H26N2O3S. The SMILES string of the molecule is CCC(C)CN(CC)S(=O)(=O)CCOc1ccccc1N. The lowest BCUT2D eigenvalue weighted by Gasteiger charge is -2.23. The maximum absolute atomic E-state index is 12.3. The first-order valence-corrected chi connectivity index (χ1v) is 8.96. The van der Waals surface area contributed by atoms with E-state index in [-0.39, 0.29) is 12.4 Å². The lowest BCUT2D eigenvalue weighted by Crippen LogP contribution is -2.37. The van der Waals surface area contributed by atoms with Crippen LogP contribution >= 0.6 is 0 Å². The van der Waals surface area contributed by atoms with Crippen LogP contribution in [0.5, 0.6) is 5.75 Å². The highest BCUT2D eigenvalue weighted by atomic mass is 32.2. The highest BCUT2D eigenvalue weighted by Gasteiger charge is 2.22. The molecular weight excluding hydrogens is 288 g/mol. The van der Waals surface area contributed by atoms with Crippen LogP contribution in [0.1, 0.15) is 27.2 Å². The van der Waals surface area contributed by atoms with Crippen molar-refractivity contribution in [2.75, 3.05) is 31.2 Å². The monoisotopic (exact) mass is 314 g/mol. The van der Waals surface area contributed by atoms with Crippen molar-refractivity contribution in [2.24, 2.45) is 5.92 Å². The van der Waals surface area contributed by atoms with E-state index in [1.165, 1.54) is 4.31 Å². The second-order valence-electron chi connectivity index (χ2n) is 5.17. The Bertz CT molecular complexity index is 531. The third-order valence-electron chi connectivity index (χ3n) is 3.48. The molecule has 6 heteroatoms. The van der Waals surface area contributed by atoms with E-state index >= 15 is 0 Å². The largest absolute Gasteiger partial charge is 0.490 e. The summed E-state index contributed by atoms with van der Waals surface area (Å²) in [6.45, 7) is 7.12. The van der Waals surface area contributed by atoms with Crippen molar-refractivity contribution < 1.29 is 13.2 Å². The Balaban J connectivity index is 2.57. The van der Waals surface area contributed by atoms with Crippen molar-refractivity contribution in [3.8, 4) is 5.75 Å². The molecule has 1 unspecified atom stereocenters. The predicted molar refractivity (Wildman–Crippen MR) is 86.8 cm³/mol. The van der Waals surface area contributed by atoms with Crippen LogP contribution in [-0.2, 0) is 10.0 Å². The Kier molecular flexibility index (Phi) is 6.98. The van der Waals surface area contributed by atoms with Gasteiger partial charge in [0.25, 0.3) is 0 Å². The smallest absolute Gasteiger partial charge is 0.217 e. The number of para-hydroxylation sites is 2. The molecule has 0 aromatic heterocycles. The lowest BCUT2D eigenvalue weighted by molar-refractivity contribution is 0.328. The molecule has 0 amide bonds. The fourth-order valence-electron chi connectivity index (χ4n) is 1.91. The van der Waals surface area contributed by atoms with Gasteiger partial charge in [0.2, 0.25) is 10.0 Å². The zero-order chi connectivity index (χ0) is 15.9. The van der Waals surface area contributed by atoms with E-state index < -0.39 is 10.0 Å². The van der Waals surface area contributed by atoms with Gasteiger partial charge in [-0.25, -0.2) is 12.7 Å². The van der Waals surface area contributed by atoms with Crippen LogP contribution in [0, 0.1) is 5.92 Å². The average Bonchev–Trinajstić information content (AvgIpc) is 2.46. The predicted octanol–water partition coefficient (Wildman–Crippen LogP) is 2.35. The molecule has 1 rings (SSSR count). The number of hydrogen-bond acceptors (Lipinski definition) is 4. The summed E-state index contributed by atoms with van der Waals surface area (Å²) in [6, 6.07) is 7.08. The first kappa shape index (κ1) is 17.8. The molecule has 0 aliphatic rings. The quantitative estimate of drug-likeness (QED) is 0.710. The number of anilines is 1. The molecule has 0 aliphatic carbocycles. The van der Waals surface area contributed by atoms with Gasteiger partial charge < -0.3 is 10.5 Å². The molecule has 0 spiro atoms. The van der Waals surface area contributed by atoms with Gasteiger partial charge in [-0.3, -0.25) is 0 Å². The molecule has 0 fully saturated rings. The van der Waals surface area contributed by atoms with Gasteiger partial charge in [-0.05, 0) is 18.1 Å². The minimum atomic E-state index is -3.29. The zero-order valence-corrected chi connectivity index (χ0v) is 13.9. The molecule has 2 N–H and O–H groups in total. The third kappa shape index (κ3) is 5.55. The van der Waals surface area contributed by atoms with Crippen molar-refractivity contribution >= 4 is 15.7 Å². The van der Waals surface area contributed by atoms with Crippen LogP contribution < -0.4 is 10.5 Å². The molecule has 0 heterocycles. The van der Waals surface area contributed by atoms with Crippen LogP contribution in [0.3, 0.4) is 0 Å². The van der Waals surface area contributed by atoms with Crippen molar-refractivity contribution in [3.05, 3.63) is 24.3 Å². The molecule has 120 valence electrons. The Labute approximate surface area is 128 Å². The normalized spacial score (nSPS) is 13.3. The van der Waals surface area contributed by atoms with Gasteiger partial charge in [0, 0.05) is 13.1 Å². The van der Waals surface area contributed by atoms with Gasteiger partial charge >= 0.3 is 0 Å². The number of nitrogens with two attached hydrogens (primary N) is 1. The maximum atomic E-state index is 12.3. The second-order valence-corrected chi connectivity index (χ2v) is 7.25. The van der Waals surface area contributed by atoms with Gasteiger partial charge in [-0.15, -0.1) is 0 Å². The molecule has 0 bridgehead atoms. The van der Waals surface area contributed by atoms with Gasteiger partial charge in [0.15, 0.2) is 0 Å². The molecule has 21 heavy (non-hydrogen) atoms. The topological polar surface area (TPSA) is 72.6 Å². The number of nitrogen functional groups attached to an aromatic ring is 1. The summed E-state index contributed by atoms with van der Waals surface area (Å²) < 4.78 is 31.6. The first-order valence-electron chi connectivity index (χ1n) is 7.35. The zero-order valence-electron chi connectivity index (χ0n) is 13.1. The molecule has 5 nitrogen and oxygen atoms in total. The Morgan fingerprint density at radius 1 is 1.29 bits per heavy atom. The summed E-state index contributed by atoms with van der Waals surface area (Å²) in [6.07, 6.45) is 0.961. The number of ether oxygens (including phenoxy) is 1. The number of hydrogen-bond donors (Lipinski definition) is 1. The van der Waals surface area contributed by atoms with Gasteiger partial charge in [0.05, 0.1) is 11.4 Å². The Hall–Kier alpha value is -1.27. The molecule has 0 saturated heterocycles. The number of rotatable bonds is 9. The number of nitrogens with zero attached hydrogens (tertiary/aromatic N) is 1. The van der Waals surface area contributed by atoms with Crippen LogP contribution in [0.2, 0.25) is 0 Å². The second kappa shape index (κ2) is 8.24. The Morgan fingerprint density at radius 3 is 2.52 bits per heavy atom. The summed E-state index contributed by atoms with van der Waals surface area (Å²) in [5.41, 5.74) is 6.27. The molecule has 1 aromatic carbocycles. The average molecular weight is 314 g/mol. The van der Waals surface area contributed by atoms with E-state index in [1.54, 1.807) is 12.1 Å². The Morgan fingerprint density at radius 2 is 1.95 bits per heavy atom. The third-order valence-corrected chi connectivity index (χ3v) is 5.35. The summed E-state index contributed by atoms with van der Waals surface area (Å²) in [5, 5.41) is 0. The van der Waals surface area contributed by atoms with Crippen molar-refractivity contribution in [1.29, 1.82) is 0 Å². The van der Waals surface area contributed by atoms with Gasteiger partial charge in [0.1, 0.15) is 12.4 Å². The van der Waals surface area contributed by atoms with E-state index in [9.17, 15) is 8.42 Å². The molecule has 1 aromatic rings. The van der Waals surface area contributed by atoms with Crippen LogP contribution in [0.25, 0.3) is 0 Å². The summed E-state index contributed by atoms with van der Waals surface area (Å²) in [5.74, 6) is 0.842. The van der Waals surface area contributed by atoms with E-state index in [4.69, 9.17) is 10.5 Å². The summed E-state index contributed by atoms with van der Waals surface area (Å²) in [7, 11) is -3.29. The van der Waals surface area contributed by atoms with Crippen molar-refractivity contribution in [1.82, 2.24) is 4.31 Å².